The molecule has 3 unspecified atom stereocenters. The van der Waals surface area contributed by atoms with Crippen molar-refractivity contribution in [1.29, 1.82) is 0 Å². The topological polar surface area (TPSA) is 99.6 Å². The molecule has 0 radical (unpaired) electrons. The molecule has 1 aromatic heterocycles. The van der Waals surface area contributed by atoms with Gasteiger partial charge in [0.25, 0.3) is 0 Å². The highest BCUT2D eigenvalue weighted by atomic mass is 16.4. The van der Waals surface area contributed by atoms with E-state index in [9.17, 15) is 19.5 Å². The van der Waals surface area contributed by atoms with E-state index in [1.54, 1.807) is 12.3 Å². The van der Waals surface area contributed by atoms with Gasteiger partial charge in [-0.1, -0.05) is 36.4 Å². The van der Waals surface area contributed by atoms with E-state index in [1.165, 1.54) is 11.0 Å². The molecule has 0 saturated carbocycles. The van der Waals surface area contributed by atoms with Crippen LogP contribution >= 0.6 is 0 Å². The van der Waals surface area contributed by atoms with Gasteiger partial charge >= 0.3 is 5.97 Å². The SMILES string of the molecule is O=C(/C=C/c1nccc2ccccc12)NC1C/C=C\CC2CCC(C(=O)O)N2C1=O. The minimum absolute atomic E-state index is 0.134. The molecule has 4 rings (SSSR count). The lowest BCUT2D eigenvalue weighted by atomic mass is 10.0. The fourth-order valence-electron chi connectivity index (χ4n) is 4.23. The van der Waals surface area contributed by atoms with Crippen molar-refractivity contribution in [2.45, 2.75) is 43.8 Å². The molecule has 2 N–H and O–H groups in total. The van der Waals surface area contributed by atoms with E-state index in [-0.39, 0.29) is 11.9 Å². The van der Waals surface area contributed by atoms with Crippen LogP contribution in [0.1, 0.15) is 31.4 Å². The summed E-state index contributed by atoms with van der Waals surface area (Å²) in [6.45, 7) is 0. The van der Waals surface area contributed by atoms with Gasteiger partial charge in [-0.15, -0.1) is 0 Å². The maximum absolute atomic E-state index is 13.1. The van der Waals surface area contributed by atoms with E-state index in [1.807, 2.05) is 42.5 Å². The number of hydrogen-bond acceptors (Lipinski definition) is 4. The third kappa shape index (κ3) is 3.96. The van der Waals surface area contributed by atoms with Crippen LogP contribution in [0.25, 0.3) is 16.8 Å². The Kier molecular flexibility index (Phi) is 5.61. The molecule has 154 valence electrons. The van der Waals surface area contributed by atoms with Gasteiger partial charge in [-0.3, -0.25) is 14.6 Å². The van der Waals surface area contributed by atoms with Crippen LogP contribution in [0.4, 0.5) is 0 Å². The average molecular weight is 405 g/mol. The molecule has 0 bridgehead atoms. The zero-order valence-corrected chi connectivity index (χ0v) is 16.4. The van der Waals surface area contributed by atoms with E-state index in [4.69, 9.17) is 0 Å². The lowest BCUT2D eigenvalue weighted by Crippen LogP contribution is -2.54. The number of nitrogens with one attached hydrogen (secondary N) is 1. The second-order valence-corrected chi connectivity index (χ2v) is 7.59. The molecule has 7 nitrogen and oxygen atoms in total. The van der Waals surface area contributed by atoms with Gasteiger partial charge in [-0.25, -0.2) is 4.79 Å². The van der Waals surface area contributed by atoms with Crippen molar-refractivity contribution in [2.24, 2.45) is 0 Å². The van der Waals surface area contributed by atoms with Gasteiger partial charge in [-0.2, -0.15) is 0 Å². The quantitative estimate of drug-likeness (QED) is 0.602. The molecule has 3 heterocycles. The summed E-state index contributed by atoms with van der Waals surface area (Å²) in [4.78, 5) is 42.9. The maximum atomic E-state index is 13.1. The molecule has 1 aromatic carbocycles. The predicted molar refractivity (Wildman–Crippen MR) is 112 cm³/mol. The van der Waals surface area contributed by atoms with Crippen molar-refractivity contribution in [2.75, 3.05) is 0 Å². The van der Waals surface area contributed by atoms with Gasteiger partial charge in [0.15, 0.2) is 0 Å². The first-order chi connectivity index (χ1) is 14.5. The molecule has 2 aromatic rings. The number of pyridine rings is 1. The Labute approximate surface area is 174 Å². The minimum Gasteiger partial charge on any atom is -0.480 e. The number of amides is 2. The molecule has 3 atom stereocenters. The molecule has 1 saturated heterocycles. The summed E-state index contributed by atoms with van der Waals surface area (Å²) < 4.78 is 0. The number of hydrogen-bond donors (Lipinski definition) is 2. The van der Waals surface area contributed by atoms with Crippen LogP contribution in [-0.4, -0.2) is 50.9 Å². The van der Waals surface area contributed by atoms with E-state index >= 15 is 0 Å². The van der Waals surface area contributed by atoms with E-state index in [0.717, 1.165) is 10.8 Å². The lowest BCUT2D eigenvalue weighted by Gasteiger charge is -2.32. The van der Waals surface area contributed by atoms with E-state index in [0.29, 0.717) is 31.4 Å². The Morgan fingerprint density at radius 3 is 2.77 bits per heavy atom. The Balaban J connectivity index is 1.51. The summed E-state index contributed by atoms with van der Waals surface area (Å²) in [5.41, 5.74) is 0.665. The van der Waals surface area contributed by atoms with Crippen molar-refractivity contribution in [3.8, 4) is 0 Å². The summed E-state index contributed by atoms with van der Waals surface area (Å²) in [5, 5.41) is 14.2. The number of carbonyl (C=O) groups excluding carboxylic acids is 2. The van der Waals surface area contributed by atoms with Crippen LogP contribution in [0.3, 0.4) is 0 Å². The van der Waals surface area contributed by atoms with Crippen molar-refractivity contribution in [1.82, 2.24) is 15.2 Å². The lowest BCUT2D eigenvalue weighted by molar-refractivity contribution is -0.150. The third-order valence-electron chi connectivity index (χ3n) is 5.70. The first kappa shape index (κ1) is 19.8. The molecule has 0 aliphatic carbocycles. The van der Waals surface area contributed by atoms with Crippen molar-refractivity contribution in [3.05, 3.63) is 60.5 Å². The molecular weight excluding hydrogens is 382 g/mol. The zero-order chi connectivity index (χ0) is 21.1. The predicted octanol–water partition coefficient (Wildman–Crippen LogP) is 2.53. The zero-order valence-electron chi connectivity index (χ0n) is 16.4. The maximum Gasteiger partial charge on any atom is 0.326 e. The molecule has 2 amide bonds. The van der Waals surface area contributed by atoms with Gasteiger partial charge in [-0.05, 0) is 43.2 Å². The summed E-state index contributed by atoms with van der Waals surface area (Å²) >= 11 is 0. The van der Waals surface area contributed by atoms with Gasteiger partial charge in [0.1, 0.15) is 12.1 Å². The standard InChI is InChI=1S/C23H23N3O4/c27-21(12-10-18-17-7-3-1-5-15(17)13-14-24-18)25-19-8-4-2-6-16-9-11-20(23(29)30)26(16)22(19)28/h1-5,7,10,12-14,16,19-20H,6,8-9,11H2,(H,25,27)(H,29,30)/b4-2-,12-10+. The number of aromatic nitrogens is 1. The molecule has 1 fully saturated rings. The van der Waals surface area contributed by atoms with Crippen LogP contribution in [0.5, 0.6) is 0 Å². The summed E-state index contributed by atoms with van der Waals surface area (Å²) in [6.07, 6.45) is 10.6. The first-order valence-corrected chi connectivity index (χ1v) is 10.1. The normalized spacial score (nSPS) is 25.0. The largest absolute Gasteiger partial charge is 0.480 e. The Bertz CT molecular complexity index is 1040. The molecule has 0 spiro atoms. The second kappa shape index (κ2) is 8.49. The number of aliphatic carboxylic acids is 1. The van der Waals surface area contributed by atoms with Gasteiger partial charge in [0.2, 0.25) is 11.8 Å². The monoisotopic (exact) mass is 405 g/mol. The smallest absolute Gasteiger partial charge is 0.326 e. The van der Waals surface area contributed by atoms with Crippen molar-refractivity contribution < 1.29 is 19.5 Å². The van der Waals surface area contributed by atoms with Gasteiger partial charge in [0.05, 0.1) is 5.69 Å². The Morgan fingerprint density at radius 2 is 1.93 bits per heavy atom. The summed E-state index contributed by atoms with van der Waals surface area (Å²) in [5.74, 6) is -1.75. The fourth-order valence-corrected chi connectivity index (χ4v) is 4.23. The fraction of sp³-hybridized carbons (Fsp3) is 0.304. The van der Waals surface area contributed by atoms with Crippen LogP contribution in [0, 0.1) is 0 Å². The van der Waals surface area contributed by atoms with E-state index < -0.39 is 24.0 Å². The van der Waals surface area contributed by atoms with Crippen LogP contribution in [0.15, 0.2) is 54.8 Å². The molecule has 30 heavy (non-hydrogen) atoms. The highest BCUT2D eigenvalue weighted by Gasteiger charge is 2.43. The highest BCUT2D eigenvalue weighted by Crippen LogP contribution is 2.29. The number of nitrogens with zero attached hydrogens (tertiary/aromatic N) is 2. The Morgan fingerprint density at radius 1 is 1.13 bits per heavy atom. The number of rotatable bonds is 4. The number of benzene rings is 1. The van der Waals surface area contributed by atoms with Gasteiger partial charge < -0.3 is 15.3 Å². The molecule has 7 heteroatoms. The second-order valence-electron chi connectivity index (χ2n) is 7.59. The molecular formula is C23H23N3O4. The summed E-state index contributed by atoms with van der Waals surface area (Å²) in [6, 6.07) is 7.90. The number of carboxylic acid groups (broad SMARTS) is 1. The first-order valence-electron chi connectivity index (χ1n) is 10.1. The van der Waals surface area contributed by atoms with Crippen molar-refractivity contribution in [3.63, 3.8) is 0 Å². The number of carboxylic acids is 1. The summed E-state index contributed by atoms with van der Waals surface area (Å²) in [7, 11) is 0. The van der Waals surface area contributed by atoms with Crippen LogP contribution in [-0.2, 0) is 14.4 Å². The third-order valence-corrected chi connectivity index (χ3v) is 5.70. The van der Waals surface area contributed by atoms with Crippen LogP contribution < -0.4 is 5.32 Å². The number of carbonyl (C=O) groups is 3. The average Bonchev–Trinajstić information content (AvgIpc) is 3.16. The Hall–Kier alpha value is -3.48. The molecule has 2 aliphatic heterocycles. The van der Waals surface area contributed by atoms with E-state index in [2.05, 4.69) is 10.3 Å². The molecule has 2 aliphatic rings. The van der Waals surface area contributed by atoms with Crippen molar-refractivity contribution >= 4 is 34.6 Å². The number of fused-ring (bicyclic) bond motifs is 2. The van der Waals surface area contributed by atoms with Gasteiger partial charge in [0, 0.05) is 23.7 Å². The van der Waals surface area contributed by atoms with Crippen LogP contribution in [0.2, 0.25) is 0 Å². The minimum atomic E-state index is -0.998. The highest BCUT2D eigenvalue weighted by molar-refractivity contribution is 5.98.